The molecule has 0 heterocycles. The number of methoxy groups -OCH3 is 1. The molecule has 0 saturated carbocycles. The average molecular weight is 330 g/mol. The zero-order valence-corrected chi connectivity index (χ0v) is 15.9. The second-order valence-electron chi connectivity index (χ2n) is 7.39. The Morgan fingerprint density at radius 3 is 2.18 bits per heavy atom. The largest absolute Gasteiger partial charge is 0.493 e. The zero-order chi connectivity index (χ0) is 16.1. The molecule has 4 heteroatoms. The lowest BCUT2D eigenvalue weighted by molar-refractivity contribution is 0.240. The third kappa shape index (κ3) is 7.37. The summed E-state index contributed by atoms with van der Waals surface area (Å²) in [5, 5.41) is 3.64. The summed E-state index contributed by atoms with van der Waals surface area (Å²) in [4.78, 5) is 0. The molecule has 0 fully saturated rings. The first kappa shape index (κ1) is 21.1. The fraction of sp³-hybridized carbons (Fsp3) is 0.667. The van der Waals surface area contributed by atoms with Crippen molar-refractivity contribution in [1.29, 1.82) is 0 Å². The van der Waals surface area contributed by atoms with E-state index in [2.05, 4.69) is 46.0 Å². The van der Waals surface area contributed by atoms with E-state index in [1.165, 1.54) is 5.56 Å². The van der Waals surface area contributed by atoms with Crippen LogP contribution in [0.5, 0.6) is 11.5 Å². The van der Waals surface area contributed by atoms with Crippen molar-refractivity contribution >= 4 is 12.4 Å². The molecule has 0 amide bonds. The first-order valence-corrected chi connectivity index (χ1v) is 7.71. The molecule has 0 atom stereocenters. The molecule has 0 saturated heterocycles. The fourth-order valence-corrected chi connectivity index (χ4v) is 2.83. The summed E-state index contributed by atoms with van der Waals surface area (Å²) in [5.74, 6) is 1.60. The van der Waals surface area contributed by atoms with Crippen LogP contribution in [0.3, 0.4) is 0 Å². The molecule has 1 N–H and O–H groups in total. The molecule has 1 aromatic carbocycles. The van der Waals surface area contributed by atoms with Gasteiger partial charge in [-0.1, -0.05) is 26.8 Å². The summed E-state index contributed by atoms with van der Waals surface area (Å²) in [7, 11) is 1.68. The van der Waals surface area contributed by atoms with E-state index in [-0.39, 0.29) is 17.9 Å². The van der Waals surface area contributed by atoms with Crippen LogP contribution in [-0.2, 0) is 6.54 Å². The minimum absolute atomic E-state index is 0. The molecular formula is C18H32ClNO2. The Morgan fingerprint density at radius 1 is 1.05 bits per heavy atom. The van der Waals surface area contributed by atoms with E-state index in [4.69, 9.17) is 9.47 Å². The summed E-state index contributed by atoms with van der Waals surface area (Å²) in [6.07, 6.45) is 1.12. The third-order valence-corrected chi connectivity index (χ3v) is 3.27. The number of hydrogen-bond donors (Lipinski definition) is 1. The topological polar surface area (TPSA) is 30.5 Å². The summed E-state index contributed by atoms with van der Waals surface area (Å²) < 4.78 is 10.9. The van der Waals surface area contributed by atoms with Gasteiger partial charge in [0, 0.05) is 12.1 Å². The van der Waals surface area contributed by atoms with Crippen LogP contribution in [0.2, 0.25) is 0 Å². The molecule has 0 spiro atoms. The van der Waals surface area contributed by atoms with Gasteiger partial charge < -0.3 is 14.8 Å². The highest BCUT2D eigenvalue weighted by atomic mass is 35.5. The van der Waals surface area contributed by atoms with Crippen LogP contribution >= 0.6 is 12.4 Å². The standard InChI is InChI=1S/C18H31NO2.ClH/c1-8-21-15-10-9-14(11-16(15)20-7)12-19-18(5,6)13-17(2,3)4;/h9-11,19H,8,12-13H2,1-7H3;1H. The van der Waals surface area contributed by atoms with E-state index in [0.717, 1.165) is 24.5 Å². The SMILES string of the molecule is CCOc1ccc(CNC(C)(C)CC(C)(C)C)cc1OC.Cl. The van der Waals surface area contributed by atoms with E-state index in [9.17, 15) is 0 Å². The lowest BCUT2D eigenvalue weighted by atomic mass is 9.82. The van der Waals surface area contributed by atoms with Crippen molar-refractivity contribution in [2.24, 2.45) is 5.41 Å². The Balaban J connectivity index is 0.00000441. The van der Waals surface area contributed by atoms with Crippen molar-refractivity contribution in [1.82, 2.24) is 5.32 Å². The monoisotopic (exact) mass is 329 g/mol. The van der Waals surface area contributed by atoms with E-state index in [1.807, 2.05) is 19.1 Å². The second kappa shape index (κ2) is 8.64. The fourth-order valence-electron chi connectivity index (χ4n) is 2.83. The predicted octanol–water partition coefficient (Wildman–Crippen LogP) is 4.82. The summed E-state index contributed by atoms with van der Waals surface area (Å²) in [6.45, 7) is 14.8. The molecule has 0 aliphatic carbocycles. The Bertz CT molecular complexity index is 453. The number of nitrogens with one attached hydrogen (secondary N) is 1. The van der Waals surface area contributed by atoms with Crippen LogP contribution in [0.25, 0.3) is 0 Å². The minimum atomic E-state index is 0. The third-order valence-electron chi connectivity index (χ3n) is 3.27. The molecule has 22 heavy (non-hydrogen) atoms. The molecule has 0 aromatic heterocycles. The number of rotatable bonds is 7. The Kier molecular flexibility index (Phi) is 8.27. The van der Waals surface area contributed by atoms with Gasteiger partial charge in [-0.2, -0.15) is 0 Å². The van der Waals surface area contributed by atoms with Gasteiger partial charge in [0.05, 0.1) is 13.7 Å². The first-order valence-electron chi connectivity index (χ1n) is 7.71. The predicted molar refractivity (Wildman–Crippen MR) is 96.4 cm³/mol. The van der Waals surface area contributed by atoms with Crippen molar-refractivity contribution in [3.05, 3.63) is 23.8 Å². The highest BCUT2D eigenvalue weighted by Gasteiger charge is 2.24. The molecule has 0 radical (unpaired) electrons. The van der Waals surface area contributed by atoms with Gasteiger partial charge in [0.2, 0.25) is 0 Å². The van der Waals surface area contributed by atoms with Crippen molar-refractivity contribution in [2.75, 3.05) is 13.7 Å². The van der Waals surface area contributed by atoms with Gasteiger partial charge >= 0.3 is 0 Å². The van der Waals surface area contributed by atoms with E-state index in [0.29, 0.717) is 12.0 Å². The Labute approximate surface area is 142 Å². The van der Waals surface area contributed by atoms with E-state index >= 15 is 0 Å². The smallest absolute Gasteiger partial charge is 0.161 e. The van der Waals surface area contributed by atoms with Gasteiger partial charge in [-0.15, -0.1) is 12.4 Å². The molecule has 1 aromatic rings. The summed E-state index contributed by atoms with van der Waals surface area (Å²) >= 11 is 0. The maximum absolute atomic E-state index is 5.55. The van der Waals surface area contributed by atoms with Gasteiger partial charge in [-0.25, -0.2) is 0 Å². The lowest BCUT2D eigenvalue weighted by Crippen LogP contribution is -2.41. The first-order chi connectivity index (χ1) is 9.67. The molecule has 128 valence electrons. The number of halogens is 1. The maximum atomic E-state index is 5.55. The van der Waals surface area contributed by atoms with Crippen LogP contribution in [-0.4, -0.2) is 19.3 Å². The Morgan fingerprint density at radius 2 is 1.68 bits per heavy atom. The van der Waals surface area contributed by atoms with E-state index in [1.54, 1.807) is 7.11 Å². The number of ether oxygens (including phenoxy) is 2. The van der Waals surface area contributed by atoms with Crippen molar-refractivity contribution in [2.45, 2.75) is 60.0 Å². The van der Waals surface area contributed by atoms with Gasteiger partial charge in [-0.05, 0) is 50.3 Å². The van der Waals surface area contributed by atoms with Crippen LogP contribution in [0, 0.1) is 5.41 Å². The molecule has 0 aliphatic rings. The van der Waals surface area contributed by atoms with Crippen LogP contribution < -0.4 is 14.8 Å². The molecule has 1 rings (SSSR count). The van der Waals surface area contributed by atoms with Crippen LogP contribution in [0.1, 0.15) is 53.5 Å². The molecule has 0 unspecified atom stereocenters. The van der Waals surface area contributed by atoms with E-state index < -0.39 is 0 Å². The Hall–Kier alpha value is -0.930. The summed E-state index contributed by atoms with van der Waals surface area (Å²) in [6, 6.07) is 6.12. The second-order valence-corrected chi connectivity index (χ2v) is 7.39. The number of hydrogen-bond acceptors (Lipinski definition) is 3. The molecule has 0 aliphatic heterocycles. The van der Waals surface area contributed by atoms with Gasteiger partial charge in [0.15, 0.2) is 11.5 Å². The molecule has 0 bridgehead atoms. The maximum Gasteiger partial charge on any atom is 0.161 e. The van der Waals surface area contributed by atoms with Crippen molar-refractivity contribution < 1.29 is 9.47 Å². The average Bonchev–Trinajstić information content (AvgIpc) is 2.35. The minimum Gasteiger partial charge on any atom is -0.493 e. The molecule has 3 nitrogen and oxygen atoms in total. The highest BCUT2D eigenvalue weighted by Crippen LogP contribution is 2.29. The highest BCUT2D eigenvalue weighted by molar-refractivity contribution is 5.85. The normalized spacial score (nSPS) is 11.8. The van der Waals surface area contributed by atoms with Gasteiger partial charge in [0.25, 0.3) is 0 Å². The van der Waals surface area contributed by atoms with Crippen LogP contribution in [0.4, 0.5) is 0 Å². The van der Waals surface area contributed by atoms with Gasteiger partial charge in [-0.3, -0.25) is 0 Å². The number of benzene rings is 1. The molecular weight excluding hydrogens is 298 g/mol. The van der Waals surface area contributed by atoms with Crippen LogP contribution in [0.15, 0.2) is 18.2 Å². The lowest BCUT2D eigenvalue weighted by Gasteiger charge is -2.33. The summed E-state index contributed by atoms with van der Waals surface area (Å²) in [5.41, 5.74) is 1.62. The zero-order valence-electron chi connectivity index (χ0n) is 15.1. The van der Waals surface area contributed by atoms with Gasteiger partial charge in [0.1, 0.15) is 0 Å². The van der Waals surface area contributed by atoms with Crippen molar-refractivity contribution in [3.63, 3.8) is 0 Å². The van der Waals surface area contributed by atoms with Crippen molar-refractivity contribution in [3.8, 4) is 11.5 Å². The quantitative estimate of drug-likeness (QED) is 0.778.